The van der Waals surface area contributed by atoms with Crippen LogP contribution in [-0.2, 0) is 16.1 Å². The molecule has 0 aromatic heterocycles. The van der Waals surface area contributed by atoms with Crippen molar-refractivity contribution in [3.8, 4) is 0 Å². The van der Waals surface area contributed by atoms with Crippen LogP contribution >= 0.6 is 0 Å². The molecule has 2 rings (SSSR count). The van der Waals surface area contributed by atoms with Crippen molar-refractivity contribution < 1.29 is 19.4 Å². The van der Waals surface area contributed by atoms with E-state index in [0.29, 0.717) is 25.8 Å². The largest absolute Gasteiger partial charge is 0.481 e. The quantitative estimate of drug-likeness (QED) is 0.838. The Morgan fingerprint density at radius 2 is 1.95 bits per heavy atom. The number of carbonyl (C=O) groups is 2. The van der Waals surface area contributed by atoms with Crippen molar-refractivity contribution in [2.24, 2.45) is 5.41 Å². The standard InChI is InChI=1S/C15H19NO4/c17-13(18)15(7-4-8-15)9-10-16-14(19)20-11-12-5-2-1-3-6-12/h1-3,5-6H,4,7-11H2,(H,16,19)(H,17,18). The van der Waals surface area contributed by atoms with Crippen LogP contribution in [0, 0.1) is 5.41 Å². The minimum absolute atomic E-state index is 0.219. The molecule has 5 heteroatoms. The van der Waals surface area contributed by atoms with Crippen LogP contribution in [0.5, 0.6) is 0 Å². The smallest absolute Gasteiger partial charge is 0.407 e. The van der Waals surface area contributed by atoms with Gasteiger partial charge in [-0.05, 0) is 24.8 Å². The van der Waals surface area contributed by atoms with Gasteiger partial charge in [-0.2, -0.15) is 0 Å². The first-order chi connectivity index (χ1) is 9.62. The zero-order chi connectivity index (χ0) is 14.4. The number of alkyl carbamates (subject to hydrolysis) is 1. The Hall–Kier alpha value is -2.04. The SMILES string of the molecule is O=C(NCCC1(C(=O)O)CCC1)OCc1ccccc1. The monoisotopic (exact) mass is 277 g/mol. The molecular weight excluding hydrogens is 258 g/mol. The van der Waals surface area contributed by atoms with Crippen LogP contribution in [0.3, 0.4) is 0 Å². The summed E-state index contributed by atoms with van der Waals surface area (Å²) in [5, 5.41) is 11.8. The lowest BCUT2D eigenvalue weighted by Crippen LogP contribution is -2.41. The van der Waals surface area contributed by atoms with Crippen molar-refractivity contribution in [1.29, 1.82) is 0 Å². The fraction of sp³-hybridized carbons (Fsp3) is 0.467. The van der Waals surface area contributed by atoms with Crippen LogP contribution in [0.2, 0.25) is 0 Å². The van der Waals surface area contributed by atoms with E-state index in [1.807, 2.05) is 30.3 Å². The molecule has 2 N–H and O–H groups in total. The number of carboxylic acids is 1. The zero-order valence-electron chi connectivity index (χ0n) is 11.3. The average Bonchev–Trinajstić information content (AvgIpc) is 2.40. The number of carbonyl (C=O) groups excluding carboxylic acids is 1. The van der Waals surface area contributed by atoms with Crippen molar-refractivity contribution in [2.75, 3.05) is 6.54 Å². The van der Waals surface area contributed by atoms with E-state index in [-0.39, 0.29) is 6.61 Å². The lowest BCUT2D eigenvalue weighted by atomic mass is 9.67. The van der Waals surface area contributed by atoms with E-state index in [1.54, 1.807) is 0 Å². The van der Waals surface area contributed by atoms with Gasteiger partial charge in [-0.1, -0.05) is 36.8 Å². The second-order valence-corrected chi connectivity index (χ2v) is 5.18. The van der Waals surface area contributed by atoms with Crippen molar-refractivity contribution in [3.63, 3.8) is 0 Å². The first kappa shape index (κ1) is 14.4. The number of hydrogen-bond donors (Lipinski definition) is 2. The topological polar surface area (TPSA) is 75.6 Å². The van der Waals surface area contributed by atoms with Gasteiger partial charge in [0.15, 0.2) is 0 Å². The Labute approximate surface area is 117 Å². The molecule has 1 aliphatic carbocycles. The highest BCUT2D eigenvalue weighted by atomic mass is 16.5. The van der Waals surface area contributed by atoms with Gasteiger partial charge in [-0.25, -0.2) is 4.79 Å². The Kier molecular flexibility index (Phi) is 4.61. The Morgan fingerprint density at radius 1 is 1.25 bits per heavy atom. The van der Waals surface area contributed by atoms with Gasteiger partial charge in [-0.3, -0.25) is 4.79 Å². The molecule has 108 valence electrons. The number of amides is 1. The number of rotatable bonds is 6. The van der Waals surface area contributed by atoms with Crippen LogP contribution in [0.4, 0.5) is 4.79 Å². The molecule has 0 heterocycles. The first-order valence-electron chi connectivity index (χ1n) is 6.80. The van der Waals surface area contributed by atoms with Crippen LogP contribution in [0.15, 0.2) is 30.3 Å². The molecule has 1 aromatic rings. The van der Waals surface area contributed by atoms with E-state index in [4.69, 9.17) is 9.84 Å². The van der Waals surface area contributed by atoms with Crippen molar-refractivity contribution in [3.05, 3.63) is 35.9 Å². The van der Waals surface area contributed by atoms with Crippen LogP contribution in [0.1, 0.15) is 31.2 Å². The fourth-order valence-electron chi connectivity index (χ4n) is 2.35. The van der Waals surface area contributed by atoms with Gasteiger partial charge in [0.2, 0.25) is 0 Å². The molecule has 0 aliphatic heterocycles. The molecule has 5 nitrogen and oxygen atoms in total. The molecule has 0 unspecified atom stereocenters. The summed E-state index contributed by atoms with van der Waals surface area (Å²) in [5.74, 6) is -0.761. The molecule has 0 spiro atoms. The number of aliphatic carboxylic acids is 1. The summed E-state index contributed by atoms with van der Waals surface area (Å²) in [6.45, 7) is 0.552. The Balaban J connectivity index is 1.67. The van der Waals surface area contributed by atoms with E-state index < -0.39 is 17.5 Å². The van der Waals surface area contributed by atoms with E-state index in [1.165, 1.54) is 0 Å². The second kappa shape index (κ2) is 6.41. The third kappa shape index (κ3) is 3.50. The lowest BCUT2D eigenvalue weighted by molar-refractivity contribution is -0.155. The summed E-state index contributed by atoms with van der Waals surface area (Å²) in [6, 6.07) is 9.41. The van der Waals surface area contributed by atoms with E-state index in [2.05, 4.69) is 5.32 Å². The van der Waals surface area contributed by atoms with E-state index in [0.717, 1.165) is 12.0 Å². The predicted molar refractivity (Wildman–Crippen MR) is 73.2 cm³/mol. The van der Waals surface area contributed by atoms with Crippen LogP contribution in [0.25, 0.3) is 0 Å². The van der Waals surface area contributed by atoms with Gasteiger partial charge in [0.25, 0.3) is 0 Å². The number of nitrogens with one attached hydrogen (secondary N) is 1. The minimum atomic E-state index is -0.761. The normalized spacial score (nSPS) is 16.0. The fourth-order valence-corrected chi connectivity index (χ4v) is 2.35. The van der Waals surface area contributed by atoms with Crippen LogP contribution < -0.4 is 5.32 Å². The third-order valence-corrected chi connectivity index (χ3v) is 3.85. The number of carboxylic acid groups (broad SMARTS) is 1. The van der Waals surface area contributed by atoms with Gasteiger partial charge >= 0.3 is 12.1 Å². The lowest BCUT2D eigenvalue weighted by Gasteiger charge is -2.37. The summed E-state index contributed by atoms with van der Waals surface area (Å²) < 4.78 is 5.06. The number of ether oxygens (including phenoxy) is 1. The minimum Gasteiger partial charge on any atom is -0.481 e. The molecule has 1 saturated carbocycles. The van der Waals surface area contributed by atoms with Crippen molar-refractivity contribution >= 4 is 12.1 Å². The molecule has 0 radical (unpaired) electrons. The zero-order valence-corrected chi connectivity index (χ0v) is 11.3. The summed E-state index contributed by atoms with van der Waals surface area (Å²) in [5.41, 5.74) is 0.288. The van der Waals surface area contributed by atoms with Gasteiger partial charge in [0.05, 0.1) is 5.41 Å². The molecule has 1 fully saturated rings. The summed E-state index contributed by atoms with van der Waals surface area (Å²) >= 11 is 0. The van der Waals surface area contributed by atoms with Gasteiger partial charge in [0, 0.05) is 6.54 Å². The van der Waals surface area contributed by atoms with E-state index in [9.17, 15) is 9.59 Å². The van der Waals surface area contributed by atoms with Gasteiger partial charge in [-0.15, -0.1) is 0 Å². The molecule has 0 atom stereocenters. The summed E-state index contributed by atoms with van der Waals surface area (Å²) in [4.78, 5) is 22.6. The van der Waals surface area contributed by atoms with Gasteiger partial charge in [0.1, 0.15) is 6.61 Å². The molecule has 1 aromatic carbocycles. The summed E-state index contributed by atoms with van der Waals surface area (Å²) in [7, 11) is 0. The van der Waals surface area contributed by atoms with Crippen molar-refractivity contribution in [2.45, 2.75) is 32.3 Å². The maximum absolute atomic E-state index is 11.5. The molecular formula is C15H19NO4. The number of benzene rings is 1. The molecule has 0 saturated heterocycles. The number of hydrogen-bond acceptors (Lipinski definition) is 3. The Morgan fingerprint density at radius 3 is 2.50 bits per heavy atom. The molecule has 0 bridgehead atoms. The molecule has 1 aliphatic rings. The third-order valence-electron chi connectivity index (χ3n) is 3.85. The maximum atomic E-state index is 11.5. The summed E-state index contributed by atoms with van der Waals surface area (Å²) in [6.07, 6.45) is 2.30. The highest BCUT2D eigenvalue weighted by Crippen LogP contribution is 2.43. The van der Waals surface area contributed by atoms with E-state index >= 15 is 0 Å². The molecule has 1 amide bonds. The van der Waals surface area contributed by atoms with Gasteiger partial charge < -0.3 is 15.2 Å². The van der Waals surface area contributed by atoms with Crippen molar-refractivity contribution in [1.82, 2.24) is 5.32 Å². The first-order valence-corrected chi connectivity index (χ1v) is 6.80. The highest BCUT2D eigenvalue weighted by Gasteiger charge is 2.43. The average molecular weight is 277 g/mol. The maximum Gasteiger partial charge on any atom is 0.407 e. The predicted octanol–water partition coefficient (Wildman–Crippen LogP) is 2.56. The Bertz CT molecular complexity index is 468. The highest BCUT2D eigenvalue weighted by molar-refractivity contribution is 5.75. The van der Waals surface area contributed by atoms with Crippen LogP contribution in [-0.4, -0.2) is 23.7 Å². The molecule has 20 heavy (non-hydrogen) atoms. The second-order valence-electron chi connectivity index (χ2n) is 5.18.